The van der Waals surface area contributed by atoms with Crippen LogP contribution in [-0.4, -0.2) is 21.2 Å². The number of carbonyl (C=O) groups is 1. The monoisotopic (exact) mass is 306 g/mol. The van der Waals surface area contributed by atoms with Gasteiger partial charge in [-0.2, -0.15) is 16.3 Å². The Hall–Kier alpha value is -1.69. The number of nitrogens with zero attached hydrogens (tertiary/aromatic N) is 2. The van der Waals surface area contributed by atoms with E-state index in [2.05, 4.69) is 10.1 Å². The molecule has 6 heteroatoms. The Balaban J connectivity index is 1.80. The van der Waals surface area contributed by atoms with E-state index in [1.807, 2.05) is 17.7 Å². The number of aryl methyl sites for hydroxylation is 1. The highest BCUT2D eigenvalue weighted by Crippen LogP contribution is 2.43. The Bertz CT molecular complexity index is 641. The van der Waals surface area contributed by atoms with E-state index in [1.54, 1.807) is 11.3 Å². The molecule has 2 aromatic rings. The molecule has 5 nitrogen and oxygen atoms in total. The maximum Gasteiger partial charge on any atom is 0.303 e. The van der Waals surface area contributed by atoms with Crippen molar-refractivity contribution < 1.29 is 14.4 Å². The highest BCUT2D eigenvalue weighted by molar-refractivity contribution is 7.08. The molecular weight excluding hydrogens is 288 g/mol. The van der Waals surface area contributed by atoms with Crippen molar-refractivity contribution in [3.63, 3.8) is 0 Å². The molecule has 1 fully saturated rings. The van der Waals surface area contributed by atoms with Crippen molar-refractivity contribution in [2.24, 2.45) is 5.41 Å². The van der Waals surface area contributed by atoms with Crippen LogP contribution < -0.4 is 0 Å². The second-order valence-corrected chi connectivity index (χ2v) is 6.68. The zero-order valence-electron chi connectivity index (χ0n) is 12.0. The predicted octanol–water partition coefficient (Wildman–Crippen LogP) is 3.68. The fraction of sp³-hybridized carbons (Fsp3) is 0.533. The van der Waals surface area contributed by atoms with Crippen molar-refractivity contribution in [1.29, 1.82) is 0 Å². The van der Waals surface area contributed by atoms with E-state index in [9.17, 15) is 4.79 Å². The molecule has 3 rings (SSSR count). The van der Waals surface area contributed by atoms with Crippen molar-refractivity contribution in [2.75, 3.05) is 0 Å². The summed E-state index contributed by atoms with van der Waals surface area (Å²) in [6.45, 7) is 2.02. The summed E-state index contributed by atoms with van der Waals surface area (Å²) in [4.78, 5) is 15.6. The van der Waals surface area contributed by atoms with E-state index in [0.717, 1.165) is 36.8 Å². The van der Waals surface area contributed by atoms with Crippen LogP contribution in [0.5, 0.6) is 0 Å². The summed E-state index contributed by atoms with van der Waals surface area (Å²) in [6, 6.07) is 0. The van der Waals surface area contributed by atoms with Gasteiger partial charge in [-0.05, 0) is 36.1 Å². The summed E-state index contributed by atoms with van der Waals surface area (Å²) in [7, 11) is 0. The first kappa shape index (κ1) is 14.3. The molecule has 1 aliphatic rings. The normalized spacial score (nSPS) is 17.2. The maximum absolute atomic E-state index is 11.1. The van der Waals surface area contributed by atoms with Gasteiger partial charge in [-0.1, -0.05) is 18.0 Å². The lowest BCUT2D eigenvalue weighted by atomic mass is 9.79. The second kappa shape index (κ2) is 5.60. The van der Waals surface area contributed by atoms with E-state index < -0.39 is 5.97 Å². The smallest absolute Gasteiger partial charge is 0.303 e. The van der Waals surface area contributed by atoms with Gasteiger partial charge in [0.1, 0.15) is 0 Å². The third-order valence-corrected chi connectivity index (χ3v) is 5.14. The van der Waals surface area contributed by atoms with Gasteiger partial charge in [-0.15, -0.1) is 0 Å². The first-order chi connectivity index (χ1) is 10.1. The fourth-order valence-electron chi connectivity index (χ4n) is 3.21. The zero-order chi connectivity index (χ0) is 14.9. The number of rotatable bonds is 5. The van der Waals surface area contributed by atoms with E-state index in [0.29, 0.717) is 18.1 Å². The Labute approximate surface area is 127 Å². The van der Waals surface area contributed by atoms with Crippen molar-refractivity contribution in [3.05, 3.63) is 22.2 Å². The summed E-state index contributed by atoms with van der Waals surface area (Å²) >= 11 is 1.61. The van der Waals surface area contributed by atoms with Crippen LogP contribution in [0.2, 0.25) is 0 Å². The van der Waals surface area contributed by atoms with Crippen LogP contribution in [0.3, 0.4) is 0 Å². The summed E-state index contributed by atoms with van der Waals surface area (Å²) in [6.07, 6.45) is 4.76. The van der Waals surface area contributed by atoms with Crippen LogP contribution >= 0.6 is 11.3 Å². The minimum Gasteiger partial charge on any atom is -0.481 e. The van der Waals surface area contributed by atoms with Gasteiger partial charge in [0.2, 0.25) is 11.7 Å². The number of carboxylic acids is 1. The quantitative estimate of drug-likeness (QED) is 0.911. The summed E-state index contributed by atoms with van der Waals surface area (Å²) < 4.78 is 5.36. The molecule has 0 atom stereocenters. The van der Waals surface area contributed by atoms with E-state index >= 15 is 0 Å². The molecular formula is C15H18N2O3S. The summed E-state index contributed by atoms with van der Waals surface area (Å²) in [5.41, 5.74) is 1.92. The van der Waals surface area contributed by atoms with Gasteiger partial charge in [-0.3, -0.25) is 4.79 Å². The number of aliphatic carboxylic acids is 1. The second-order valence-electron chi connectivity index (χ2n) is 5.93. The third-order valence-electron chi connectivity index (χ3n) is 4.28. The number of thiophene rings is 1. The number of hydrogen-bond donors (Lipinski definition) is 1. The molecule has 0 saturated heterocycles. The van der Waals surface area contributed by atoms with E-state index in [-0.39, 0.29) is 11.8 Å². The molecule has 112 valence electrons. The maximum atomic E-state index is 11.1. The molecule has 1 saturated carbocycles. The number of aromatic nitrogens is 2. The molecule has 0 amide bonds. The Morgan fingerprint density at radius 2 is 2.19 bits per heavy atom. The van der Waals surface area contributed by atoms with Gasteiger partial charge in [0.25, 0.3) is 0 Å². The highest BCUT2D eigenvalue weighted by Gasteiger charge is 2.38. The van der Waals surface area contributed by atoms with Crippen LogP contribution in [0, 0.1) is 12.3 Å². The highest BCUT2D eigenvalue weighted by atomic mass is 32.1. The Kier molecular flexibility index (Phi) is 3.80. The standard InChI is InChI=1S/C15H18N2O3S/c1-10-8-21-9-11(10)14-16-12(20-17-14)6-15(7-13(18)19)4-2-3-5-15/h8-9H,2-7H2,1H3,(H,18,19). The Morgan fingerprint density at radius 3 is 2.81 bits per heavy atom. The van der Waals surface area contributed by atoms with Gasteiger partial charge in [0.05, 0.1) is 6.42 Å². The summed E-state index contributed by atoms with van der Waals surface area (Å²) in [5, 5.41) is 17.2. The van der Waals surface area contributed by atoms with Crippen LogP contribution in [0.25, 0.3) is 11.4 Å². The molecule has 1 N–H and O–H groups in total. The molecule has 0 unspecified atom stereocenters. The van der Waals surface area contributed by atoms with Gasteiger partial charge < -0.3 is 9.63 Å². The molecule has 0 aromatic carbocycles. The molecule has 21 heavy (non-hydrogen) atoms. The summed E-state index contributed by atoms with van der Waals surface area (Å²) in [5.74, 6) is 0.413. The molecule has 1 aliphatic carbocycles. The minimum absolute atomic E-state index is 0.183. The fourth-order valence-corrected chi connectivity index (χ4v) is 4.03. The number of carboxylic acid groups (broad SMARTS) is 1. The Morgan fingerprint density at radius 1 is 1.43 bits per heavy atom. The van der Waals surface area contributed by atoms with Crippen molar-refractivity contribution in [2.45, 2.75) is 45.4 Å². The number of hydrogen-bond acceptors (Lipinski definition) is 5. The lowest BCUT2D eigenvalue weighted by Crippen LogP contribution is -2.23. The predicted molar refractivity (Wildman–Crippen MR) is 79.2 cm³/mol. The van der Waals surface area contributed by atoms with Crippen molar-refractivity contribution in [3.8, 4) is 11.4 Å². The first-order valence-electron chi connectivity index (χ1n) is 7.16. The first-order valence-corrected chi connectivity index (χ1v) is 8.10. The molecule has 0 aliphatic heterocycles. The topological polar surface area (TPSA) is 76.2 Å². The molecule has 2 heterocycles. The van der Waals surface area contributed by atoms with Gasteiger partial charge >= 0.3 is 5.97 Å². The largest absolute Gasteiger partial charge is 0.481 e. The van der Waals surface area contributed by atoms with E-state index in [1.165, 1.54) is 0 Å². The molecule has 0 spiro atoms. The average Bonchev–Trinajstić information content (AvgIpc) is 3.11. The van der Waals surface area contributed by atoms with E-state index in [4.69, 9.17) is 9.63 Å². The van der Waals surface area contributed by atoms with Crippen molar-refractivity contribution >= 4 is 17.3 Å². The van der Waals surface area contributed by atoms with Crippen LogP contribution in [0.1, 0.15) is 43.6 Å². The minimum atomic E-state index is -0.745. The average molecular weight is 306 g/mol. The van der Waals surface area contributed by atoms with Gasteiger partial charge in [0.15, 0.2) is 0 Å². The SMILES string of the molecule is Cc1cscc1-c1noc(CC2(CC(=O)O)CCCC2)n1. The molecule has 0 radical (unpaired) electrons. The third kappa shape index (κ3) is 3.00. The van der Waals surface area contributed by atoms with Crippen molar-refractivity contribution in [1.82, 2.24) is 10.1 Å². The lowest BCUT2D eigenvalue weighted by molar-refractivity contribution is -0.139. The van der Waals surface area contributed by atoms with Crippen LogP contribution in [0.15, 0.2) is 15.3 Å². The zero-order valence-corrected chi connectivity index (χ0v) is 12.8. The molecule has 0 bridgehead atoms. The molecule has 2 aromatic heterocycles. The van der Waals surface area contributed by atoms with Gasteiger partial charge in [0, 0.05) is 17.4 Å². The lowest BCUT2D eigenvalue weighted by Gasteiger charge is -2.24. The van der Waals surface area contributed by atoms with Gasteiger partial charge in [-0.25, -0.2) is 0 Å². The van der Waals surface area contributed by atoms with Crippen LogP contribution in [0.4, 0.5) is 0 Å². The van der Waals surface area contributed by atoms with Crippen LogP contribution in [-0.2, 0) is 11.2 Å².